The molecule has 0 saturated carbocycles. The molecule has 1 saturated heterocycles. The second-order valence-electron chi connectivity index (χ2n) is 7.95. The van der Waals surface area contributed by atoms with E-state index in [1.807, 2.05) is 6.07 Å². The van der Waals surface area contributed by atoms with E-state index in [1.165, 1.54) is 17.7 Å². The molecule has 3 heterocycles. The molecule has 0 amide bonds. The van der Waals surface area contributed by atoms with E-state index in [2.05, 4.69) is 43.1 Å². The number of hydrogen-bond donors (Lipinski definition) is 0. The molecule has 0 N–H and O–H groups in total. The molecular weight excluding hydrogens is 320 g/mol. The van der Waals surface area contributed by atoms with Gasteiger partial charge in [0.15, 0.2) is 0 Å². The van der Waals surface area contributed by atoms with Crippen molar-refractivity contribution < 1.29 is 0 Å². The number of aliphatic imine (C=N–C) groups is 1. The van der Waals surface area contributed by atoms with Crippen LogP contribution in [-0.4, -0.2) is 42.3 Å². The number of nitrogens with zero attached hydrogens (tertiary/aromatic N) is 4. The van der Waals surface area contributed by atoms with Gasteiger partial charge in [-0.15, -0.1) is 0 Å². The highest BCUT2D eigenvalue weighted by molar-refractivity contribution is 6.03. The zero-order valence-corrected chi connectivity index (χ0v) is 15.7. The lowest BCUT2D eigenvalue weighted by molar-refractivity contribution is 0.253. The minimum absolute atomic E-state index is 0.391. The van der Waals surface area contributed by atoms with E-state index in [0.717, 1.165) is 61.1 Å². The molecule has 134 valence electrons. The van der Waals surface area contributed by atoms with Gasteiger partial charge >= 0.3 is 0 Å². The minimum atomic E-state index is 0.391. The number of benzene rings is 1. The van der Waals surface area contributed by atoms with Crippen molar-refractivity contribution in [1.82, 2.24) is 9.88 Å². The van der Waals surface area contributed by atoms with E-state index in [-0.39, 0.29) is 0 Å². The van der Waals surface area contributed by atoms with Crippen LogP contribution >= 0.6 is 0 Å². The third-order valence-corrected chi connectivity index (χ3v) is 5.87. The zero-order valence-electron chi connectivity index (χ0n) is 15.7. The number of piperidine rings is 1. The molecule has 0 bridgehead atoms. The van der Waals surface area contributed by atoms with Crippen molar-refractivity contribution >= 4 is 16.6 Å². The molecule has 0 aliphatic carbocycles. The SMILES string of the molecule is C[C@H]1CCC(c2ccc3cc(C#N)c(C4CCN(C)CC4)nc3c2)=NC1. The summed E-state index contributed by atoms with van der Waals surface area (Å²) in [5, 5.41) is 10.7. The predicted octanol–water partition coefficient (Wildman–Crippen LogP) is 4.13. The maximum atomic E-state index is 9.62. The Bertz CT molecular complexity index is 885. The lowest BCUT2D eigenvalue weighted by atomic mass is 9.90. The fourth-order valence-corrected chi connectivity index (χ4v) is 4.10. The highest BCUT2D eigenvalue weighted by atomic mass is 15.1. The monoisotopic (exact) mass is 346 g/mol. The first-order valence-electron chi connectivity index (χ1n) is 9.71. The molecular formula is C22H26N4. The Balaban J connectivity index is 1.72. The van der Waals surface area contributed by atoms with Crippen molar-refractivity contribution in [2.24, 2.45) is 10.9 Å². The topological polar surface area (TPSA) is 52.3 Å². The summed E-state index contributed by atoms with van der Waals surface area (Å²) in [6, 6.07) is 10.8. The highest BCUT2D eigenvalue weighted by Gasteiger charge is 2.23. The largest absolute Gasteiger partial charge is 0.306 e. The summed E-state index contributed by atoms with van der Waals surface area (Å²) in [6.45, 7) is 5.34. The summed E-state index contributed by atoms with van der Waals surface area (Å²) in [5.74, 6) is 1.08. The second-order valence-corrected chi connectivity index (χ2v) is 7.95. The molecule has 2 aliphatic rings. The Morgan fingerprint density at radius 2 is 1.96 bits per heavy atom. The number of hydrogen-bond acceptors (Lipinski definition) is 4. The summed E-state index contributed by atoms with van der Waals surface area (Å²) >= 11 is 0. The predicted molar refractivity (Wildman–Crippen MR) is 106 cm³/mol. The van der Waals surface area contributed by atoms with Crippen LogP contribution in [0.5, 0.6) is 0 Å². The van der Waals surface area contributed by atoms with Gasteiger partial charge in [0.1, 0.15) is 6.07 Å². The Kier molecular flexibility index (Phi) is 4.74. The van der Waals surface area contributed by atoms with E-state index >= 15 is 0 Å². The Labute approximate surface area is 155 Å². The zero-order chi connectivity index (χ0) is 18.1. The molecule has 26 heavy (non-hydrogen) atoms. The average molecular weight is 346 g/mol. The van der Waals surface area contributed by atoms with Gasteiger partial charge < -0.3 is 4.90 Å². The molecule has 1 atom stereocenters. The molecule has 2 aliphatic heterocycles. The fraction of sp³-hybridized carbons (Fsp3) is 0.500. The summed E-state index contributed by atoms with van der Waals surface area (Å²) in [4.78, 5) is 12.1. The lowest BCUT2D eigenvalue weighted by Crippen LogP contribution is -2.29. The molecule has 4 heteroatoms. The van der Waals surface area contributed by atoms with Crippen LogP contribution < -0.4 is 0 Å². The van der Waals surface area contributed by atoms with Crippen molar-refractivity contribution in [3.8, 4) is 6.07 Å². The van der Waals surface area contributed by atoms with Crippen LogP contribution in [0.2, 0.25) is 0 Å². The third kappa shape index (κ3) is 3.37. The number of pyridine rings is 1. The van der Waals surface area contributed by atoms with Crippen LogP contribution in [0.15, 0.2) is 29.3 Å². The quantitative estimate of drug-likeness (QED) is 0.821. The third-order valence-electron chi connectivity index (χ3n) is 5.87. The van der Waals surface area contributed by atoms with E-state index in [4.69, 9.17) is 9.98 Å². The van der Waals surface area contributed by atoms with Crippen molar-refractivity contribution in [1.29, 1.82) is 5.26 Å². The Hall–Kier alpha value is -2.25. The van der Waals surface area contributed by atoms with Gasteiger partial charge in [0.05, 0.1) is 16.8 Å². The minimum Gasteiger partial charge on any atom is -0.306 e. The van der Waals surface area contributed by atoms with Gasteiger partial charge in [0, 0.05) is 23.6 Å². The molecule has 0 radical (unpaired) electrons. The molecule has 1 aromatic carbocycles. The van der Waals surface area contributed by atoms with Crippen molar-refractivity contribution in [2.75, 3.05) is 26.7 Å². The Morgan fingerprint density at radius 1 is 1.15 bits per heavy atom. The van der Waals surface area contributed by atoms with E-state index < -0.39 is 0 Å². The first-order valence-corrected chi connectivity index (χ1v) is 9.71. The van der Waals surface area contributed by atoms with Crippen LogP contribution in [0.25, 0.3) is 10.9 Å². The number of nitriles is 1. The van der Waals surface area contributed by atoms with Crippen LogP contribution in [0.1, 0.15) is 55.3 Å². The van der Waals surface area contributed by atoms with E-state index in [0.29, 0.717) is 11.8 Å². The maximum absolute atomic E-state index is 9.62. The number of fused-ring (bicyclic) bond motifs is 1. The van der Waals surface area contributed by atoms with E-state index in [9.17, 15) is 5.26 Å². The molecule has 0 spiro atoms. The van der Waals surface area contributed by atoms with Crippen molar-refractivity contribution in [2.45, 2.75) is 38.5 Å². The fourth-order valence-electron chi connectivity index (χ4n) is 4.10. The van der Waals surface area contributed by atoms with Gasteiger partial charge in [-0.25, -0.2) is 0 Å². The summed E-state index contributed by atoms with van der Waals surface area (Å²) in [6.07, 6.45) is 4.41. The summed E-state index contributed by atoms with van der Waals surface area (Å²) in [5.41, 5.74) is 5.12. The van der Waals surface area contributed by atoms with Crippen molar-refractivity contribution in [3.63, 3.8) is 0 Å². The molecule has 1 aromatic heterocycles. The standard InChI is InChI=1S/C22H26N4/c1-15-3-6-20(24-14-15)18-5-4-17-11-19(13-23)22(25-21(17)12-18)16-7-9-26(2)10-8-16/h4-5,11-12,15-16H,3,6-10,14H2,1-2H3/t15-/m0/s1. The maximum Gasteiger partial charge on any atom is 0.101 e. The van der Waals surface area contributed by atoms with Gasteiger partial charge in [-0.1, -0.05) is 19.1 Å². The molecule has 1 fully saturated rings. The molecule has 4 rings (SSSR count). The van der Waals surface area contributed by atoms with Gasteiger partial charge in [-0.2, -0.15) is 5.26 Å². The second kappa shape index (κ2) is 7.17. The van der Waals surface area contributed by atoms with Crippen LogP contribution in [0.4, 0.5) is 0 Å². The number of likely N-dealkylation sites (tertiary alicyclic amines) is 1. The molecule has 0 unspecified atom stereocenters. The summed E-state index contributed by atoms with van der Waals surface area (Å²) < 4.78 is 0. The van der Waals surface area contributed by atoms with Gasteiger partial charge in [-0.05, 0) is 69.4 Å². The first kappa shape index (κ1) is 17.2. The number of rotatable bonds is 2. The van der Waals surface area contributed by atoms with Crippen LogP contribution in [-0.2, 0) is 0 Å². The van der Waals surface area contributed by atoms with Crippen molar-refractivity contribution in [3.05, 3.63) is 41.1 Å². The molecule has 4 nitrogen and oxygen atoms in total. The summed E-state index contributed by atoms with van der Waals surface area (Å²) in [7, 11) is 2.16. The molecule has 2 aromatic rings. The van der Waals surface area contributed by atoms with Crippen LogP contribution in [0.3, 0.4) is 0 Å². The lowest BCUT2D eigenvalue weighted by Gasteiger charge is -2.29. The normalized spacial score (nSPS) is 22.2. The average Bonchev–Trinajstić information content (AvgIpc) is 2.68. The van der Waals surface area contributed by atoms with Gasteiger partial charge in [0.25, 0.3) is 0 Å². The van der Waals surface area contributed by atoms with Gasteiger partial charge in [-0.3, -0.25) is 9.98 Å². The van der Waals surface area contributed by atoms with Crippen LogP contribution in [0, 0.1) is 17.2 Å². The smallest absolute Gasteiger partial charge is 0.101 e. The number of aromatic nitrogens is 1. The first-order chi connectivity index (χ1) is 12.6. The Morgan fingerprint density at radius 3 is 2.65 bits per heavy atom. The van der Waals surface area contributed by atoms with Gasteiger partial charge in [0.2, 0.25) is 0 Å². The van der Waals surface area contributed by atoms with E-state index in [1.54, 1.807) is 0 Å². The highest BCUT2D eigenvalue weighted by Crippen LogP contribution is 2.31.